The van der Waals surface area contributed by atoms with Gasteiger partial charge in [-0.2, -0.15) is 13.0 Å². The molecule has 1 unspecified atom stereocenters. The number of rotatable bonds is 15. The fourth-order valence-corrected chi connectivity index (χ4v) is 9.53. The van der Waals surface area contributed by atoms with Crippen molar-refractivity contribution in [2.45, 2.75) is 96.3 Å². The van der Waals surface area contributed by atoms with Gasteiger partial charge in [-0.3, -0.25) is 28.6 Å². The Bertz CT molecular complexity index is 2380. The minimum absolute atomic E-state index is 0.0299. The third kappa shape index (κ3) is 8.34. The van der Waals surface area contributed by atoms with Crippen molar-refractivity contribution in [3.8, 4) is 0 Å². The van der Waals surface area contributed by atoms with Crippen LogP contribution in [0.15, 0.2) is 107 Å². The smallest absolute Gasteiger partial charge is 0.294 e. The lowest BCUT2D eigenvalue weighted by molar-refractivity contribution is -0.438. The van der Waals surface area contributed by atoms with Crippen LogP contribution in [0.1, 0.15) is 91.7 Å². The number of nitrogens with one attached hydrogen (secondary N) is 2. The molecular weight excluding hydrogens is 779 g/mol. The molecule has 0 aromatic heterocycles. The zero-order valence-electron chi connectivity index (χ0n) is 35.8. The lowest BCUT2D eigenvalue weighted by Gasteiger charge is -2.35. The maximum atomic E-state index is 14.5. The second kappa shape index (κ2) is 17.3. The third-order valence-corrected chi connectivity index (χ3v) is 13.0. The standard InChI is InChI=1S/C47H57N5O7S/c1-8-11-26-51-37-15-13-12-14-35(37)45(4,5)39(51)20-16-32-28-33(17-21-40-46(6,7)36-29-34(60(57,58)59)18-19-38(36)50(40)25-9-2)31-47(30-32,43(55)48-10-3)44(56)49-24-27-52-41(53)22-23-42(52)54/h12-23,28-29H,8-11,24-27,30-31H2,1-7H3,(H2-,48,49,55,56,57,58,59)/p+1. The number of imide groups is 1. The first-order valence-corrected chi connectivity index (χ1v) is 22.4. The van der Waals surface area contributed by atoms with Gasteiger partial charge < -0.3 is 15.5 Å². The number of benzene rings is 2. The highest BCUT2D eigenvalue weighted by Crippen LogP contribution is 2.49. The van der Waals surface area contributed by atoms with Crippen LogP contribution in [0.25, 0.3) is 0 Å². The van der Waals surface area contributed by atoms with E-state index >= 15 is 0 Å². The second-order valence-corrected chi connectivity index (χ2v) is 18.4. The minimum Gasteiger partial charge on any atom is -0.355 e. The summed E-state index contributed by atoms with van der Waals surface area (Å²) in [6.45, 7) is 16.2. The molecule has 3 aliphatic heterocycles. The quantitative estimate of drug-likeness (QED) is 0.0788. The Hall–Kier alpha value is -5.40. The molecule has 1 aliphatic carbocycles. The van der Waals surface area contributed by atoms with Gasteiger partial charge in [-0.15, -0.1) is 0 Å². The van der Waals surface area contributed by atoms with Crippen molar-refractivity contribution < 1.29 is 36.7 Å². The van der Waals surface area contributed by atoms with Crippen molar-refractivity contribution >= 4 is 50.8 Å². The maximum Gasteiger partial charge on any atom is 0.294 e. The molecule has 12 nitrogen and oxygen atoms in total. The predicted molar refractivity (Wildman–Crippen MR) is 234 cm³/mol. The summed E-state index contributed by atoms with van der Waals surface area (Å²) in [4.78, 5) is 56.5. The minimum atomic E-state index is -4.44. The van der Waals surface area contributed by atoms with Gasteiger partial charge in [-0.05, 0) is 81.0 Å². The highest BCUT2D eigenvalue weighted by atomic mass is 32.2. The number of anilines is 1. The highest BCUT2D eigenvalue weighted by molar-refractivity contribution is 7.85. The topological polar surface area (TPSA) is 156 Å². The van der Waals surface area contributed by atoms with Gasteiger partial charge in [-0.25, -0.2) is 0 Å². The molecule has 6 rings (SSSR count). The van der Waals surface area contributed by atoms with Crippen LogP contribution < -0.4 is 15.5 Å². The van der Waals surface area contributed by atoms with Gasteiger partial charge >= 0.3 is 0 Å². The van der Waals surface area contributed by atoms with Crippen LogP contribution in [0, 0.1) is 5.41 Å². The summed E-state index contributed by atoms with van der Waals surface area (Å²) in [5.41, 5.74) is 4.94. The molecule has 0 radical (unpaired) electrons. The van der Waals surface area contributed by atoms with Gasteiger partial charge in [0, 0.05) is 79.3 Å². The maximum absolute atomic E-state index is 14.5. The summed E-state index contributed by atoms with van der Waals surface area (Å²) in [6.07, 6.45) is 15.5. The summed E-state index contributed by atoms with van der Waals surface area (Å²) in [7, 11) is -4.44. The van der Waals surface area contributed by atoms with Crippen molar-refractivity contribution in [2.75, 3.05) is 37.6 Å². The summed E-state index contributed by atoms with van der Waals surface area (Å²) in [6, 6.07) is 13.1. The van der Waals surface area contributed by atoms with Crippen LogP contribution in [0.4, 0.5) is 11.4 Å². The molecule has 1 atom stereocenters. The van der Waals surface area contributed by atoms with E-state index in [0.29, 0.717) is 13.1 Å². The summed E-state index contributed by atoms with van der Waals surface area (Å²) >= 11 is 0. The van der Waals surface area contributed by atoms with Gasteiger partial charge in [-0.1, -0.05) is 70.5 Å². The van der Waals surface area contributed by atoms with E-state index in [1.807, 2.05) is 38.2 Å². The highest BCUT2D eigenvalue weighted by Gasteiger charge is 2.49. The molecule has 60 heavy (non-hydrogen) atoms. The second-order valence-electron chi connectivity index (χ2n) is 17.0. The monoisotopic (exact) mass is 836 g/mol. The molecule has 3 N–H and O–H groups in total. The largest absolute Gasteiger partial charge is 0.355 e. The molecule has 0 bridgehead atoms. The molecule has 4 aliphatic rings. The zero-order chi connectivity index (χ0) is 43.6. The average molecular weight is 837 g/mol. The number of para-hydroxylation sites is 1. The number of nitrogens with zero attached hydrogens (tertiary/aromatic N) is 3. The molecule has 2 aromatic carbocycles. The van der Waals surface area contributed by atoms with Crippen LogP contribution in [-0.2, 0) is 40.1 Å². The molecular formula is C47H58N5O7S+. The Morgan fingerprint density at radius 1 is 0.833 bits per heavy atom. The fourth-order valence-electron chi connectivity index (χ4n) is 9.02. The third-order valence-electron chi connectivity index (χ3n) is 12.2. The van der Waals surface area contributed by atoms with E-state index in [0.717, 1.165) is 64.5 Å². The van der Waals surface area contributed by atoms with E-state index in [4.69, 9.17) is 0 Å². The number of carbonyl (C=O) groups excluding carboxylic acids is 4. The first-order valence-electron chi connectivity index (χ1n) is 20.9. The van der Waals surface area contributed by atoms with Crippen molar-refractivity contribution in [3.05, 3.63) is 113 Å². The van der Waals surface area contributed by atoms with E-state index in [-0.39, 0.29) is 36.2 Å². The van der Waals surface area contributed by atoms with Gasteiger partial charge in [0.2, 0.25) is 17.5 Å². The van der Waals surface area contributed by atoms with Crippen molar-refractivity contribution in [2.24, 2.45) is 5.41 Å². The van der Waals surface area contributed by atoms with Crippen LogP contribution in [0.2, 0.25) is 0 Å². The van der Waals surface area contributed by atoms with E-state index in [9.17, 15) is 32.1 Å². The average Bonchev–Trinajstić information content (AvgIpc) is 3.72. The molecule has 0 fully saturated rings. The SMILES string of the molecule is CCCC[N+]1=C(/C=C/C2=CC(=C/C=C3/N(CCC)c4ccc(S(=O)(=O)O)cc4C3(C)C)/CC(C(=O)NCC)(C(=O)NCCN3C(=O)C=CC3=O)C2)C(C)(C)c2ccccc21. The van der Waals surface area contributed by atoms with E-state index in [2.05, 4.69) is 78.1 Å². The molecule has 4 amide bonds. The predicted octanol–water partition coefficient (Wildman–Crippen LogP) is 6.57. The summed E-state index contributed by atoms with van der Waals surface area (Å²) in [5, 5.41) is 5.82. The first kappa shape index (κ1) is 44.2. The van der Waals surface area contributed by atoms with E-state index in [1.54, 1.807) is 13.0 Å². The Morgan fingerprint density at radius 2 is 1.53 bits per heavy atom. The molecule has 2 aromatic rings. The Kier molecular flexibility index (Phi) is 12.7. The molecule has 0 saturated carbocycles. The Balaban J connectivity index is 1.45. The van der Waals surface area contributed by atoms with Gasteiger partial charge in [0.05, 0.1) is 10.3 Å². The number of unbranched alkanes of at least 4 members (excludes halogenated alkanes) is 1. The Labute approximate surface area is 354 Å². The number of allylic oxidation sites excluding steroid dienone is 8. The molecule has 0 spiro atoms. The van der Waals surface area contributed by atoms with Crippen LogP contribution >= 0.6 is 0 Å². The first-order chi connectivity index (χ1) is 28.4. The van der Waals surface area contributed by atoms with Gasteiger partial charge in [0.25, 0.3) is 21.9 Å². The zero-order valence-corrected chi connectivity index (χ0v) is 36.6. The Morgan fingerprint density at radius 3 is 2.20 bits per heavy atom. The number of hydrogen-bond donors (Lipinski definition) is 3. The van der Waals surface area contributed by atoms with Crippen molar-refractivity contribution in [1.29, 1.82) is 0 Å². The normalized spacial score (nSPS) is 22.0. The van der Waals surface area contributed by atoms with Crippen LogP contribution in [0.3, 0.4) is 0 Å². The fraction of sp³-hybridized carbons (Fsp3) is 0.426. The molecule has 13 heteroatoms. The number of amides is 4. The van der Waals surface area contributed by atoms with Crippen LogP contribution in [0.5, 0.6) is 0 Å². The molecule has 3 heterocycles. The lowest BCUT2D eigenvalue weighted by atomic mass is 9.70. The number of hydrogen-bond acceptors (Lipinski definition) is 7. The van der Waals surface area contributed by atoms with Crippen LogP contribution in [-0.4, -0.2) is 84.5 Å². The van der Waals surface area contributed by atoms with E-state index < -0.39 is 44.6 Å². The van der Waals surface area contributed by atoms with Gasteiger partial charge in [0.1, 0.15) is 12.0 Å². The van der Waals surface area contributed by atoms with Crippen molar-refractivity contribution in [1.82, 2.24) is 15.5 Å². The van der Waals surface area contributed by atoms with Gasteiger partial charge in [0.15, 0.2) is 5.71 Å². The molecule has 0 saturated heterocycles. The van der Waals surface area contributed by atoms with E-state index in [1.165, 1.54) is 35.5 Å². The number of fused-ring (bicyclic) bond motifs is 2. The number of carbonyl (C=O) groups is 4. The lowest BCUT2D eigenvalue weighted by Crippen LogP contribution is -2.53. The van der Waals surface area contributed by atoms with Crippen molar-refractivity contribution in [3.63, 3.8) is 0 Å². The summed E-state index contributed by atoms with van der Waals surface area (Å²) < 4.78 is 36.6. The molecule has 318 valence electrons. The summed E-state index contributed by atoms with van der Waals surface area (Å²) in [5.74, 6) is -1.85.